The van der Waals surface area contributed by atoms with Crippen LogP contribution in [-0.2, 0) is 19.2 Å². The Labute approximate surface area is 231 Å². The molecule has 214 valence electrons. The molecule has 0 unspecified atom stereocenters. The Balaban J connectivity index is 1.31. The first-order valence-electron chi connectivity index (χ1n) is 14.2. The molecule has 0 heterocycles. The number of amides is 2. The minimum Gasteiger partial charge on any atom is -0.480 e. The lowest BCUT2D eigenvalue weighted by Crippen LogP contribution is -2.54. The zero-order valence-electron chi connectivity index (χ0n) is 23.6. The number of hydrogen-bond acceptors (Lipinski definition) is 6. The summed E-state index contributed by atoms with van der Waals surface area (Å²) in [6.45, 7) is 7.31. The van der Waals surface area contributed by atoms with Gasteiger partial charge in [-0.15, -0.1) is 6.42 Å². The molecule has 9 heteroatoms. The Morgan fingerprint density at radius 2 is 1.85 bits per heavy atom. The van der Waals surface area contributed by atoms with Crippen molar-refractivity contribution in [3.8, 4) is 12.3 Å². The molecule has 9 nitrogen and oxygen atoms in total. The van der Waals surface area contributed by atoms with Crippen LogP contribution in [0.4, 0.5) is 0 Å². The fourth-order valence-electron chi connectivity index (χ4n) is 8.04. The van der Waals surface area contributed by atoms with E-state index in [-0.39, 0.29) is 29.9 Å². The van der Waals surface area contributed by atoms with Crippen molar-refractivity contribution >= 4 is 23.5 Å². The Morgan fingerprint density at radius 1 is 1.13 bits per heavy atom. The predicted octanol–water partition coefficient (Wildman–Crippen LogP) is 3.03. The third kappa shape index (κ3) is 5.32. The molecule has 0 spiro atoms. The number of terminal acetylenes is 1. The predicted molar refractivity (Wildman–Crippen MR) is 146 cm³/mol. The molecule has 3 fully saturated rings. The van der Waals surface area contributed by atoms with E-state index < -0.39 is 29.4 Å². The third-order valence-corrected chi connectivity index (χ3v) is 10.4. The van der Waals surface area contributed by atoms with Crippen molar-refractivity contribution in [2.24, 2.45) is 39.7 Å². The molecule has 4 N–H and O–H groups in total. The van der Waals surface area contributed by atoms with Crippen LogP contribution < -0.4 is 10.6 Å². The van der Waals surface area contributed by atoms with Crippen molar-refractivity contribution in [3.63, 3.8) is 0 Å². The van der Waals surface area contributed by atoms with Crippen LogP contribution in [0.1, 0.15) is 79.1 Å². The van der Waals surface area contributed by atoms with Crippen molar-refractivity contribution in [2.45, 2.75) is 90.7 Å². The van der Waals surface area contributed by atoms with Crippen molar-refractivity contribution in [1.82, 2.24) is 10.6 Å². The Kier molecular flexibility index (Phi) is 8.18. The highest BCUT2D eigenvalue weighted by molar-refractivity contribution is 5.96. The molecule has 0 saturated heterocycles. The van der Waals surface area contributed by atoms with E-state index in [9.17, 15) is 24.6 Å². The van der Waals surface area contributed by atoms with Gasteiger partial charge in [0.1, 0.15) is 11.6 Å². The Morgan fingerprint density at radius 3 is 2.51 bits per heavy atom. The minimum atomic E-state index is -1.12. The summed E-state index contributed by atoms with van der Waals surface area (Å²) in [5.41, 5.74) is 1.10. The van der Waals surface area contributed by atoms with E-state index in [1.807, 2.05) is 0 Å². The lowest BCUT2D eigenvalue weighted by Gasteiger charge is -2.58. The van der Waals surface area contributed by atoms with Gasteiger partial charge >= 0.3 is 5.97 Å². The fourth-order valence-corrected chi connectivity index (χ4v) is 8.04. The molecule has 4 rings (SSSR count). The molecule has 4 aliphatic rings. The molecule has 7 atom stereocenters. The van der Waals surface area contributed by atoms with Crippen LogP contribution in [0.25, 0.3) is 0 Å². The van der Waals surface area contributed by atoms with Gasteiger partial charge in [-0.25, -0.2) is 4.79 Å². The maximum Gasteiger partial charge on any atom is 0.326 e. The molecular formula is C30H43N3O6. The second-order valence-corrected chi connectivity index (χ2v) is 12.8. The van der Waals surface area contributed by atoms with Gasteiger partial charge in [-0.05, 0) is 86.5 Å². The van der Waals surface area contributed by atoms with Crippen LogP contribution in [0.2, 0.25) is 0 Å². The summed E-state index contributed by atoms with van der Waals surface area (Å²) in [7, 11) is 0. The number of oxime groups is 1. The first-order valence-corrected chi connectivity index (χ1v) is 14.2. The number of carboxylic acids is 1. The van der Waals surface area contributed by atoms with Crippen molar-refractivity contribution < 1.29 is 29.4 Å². The molecule has 3 saturated carbocycles. The highest BCUT2D eigenvalue weighted by Crippen LogP contribution is 2.67. The molecule has 0 aliphatic heterocycles. The molecule has 0 aromatic carbocycles. The molecule has 0 bridgehead atoms. The number of fused-ring (bicyclic) bond motifs is 5. The number of aliphatic carboxylic acids is 1. The number of nitrogens with one attached hydrogen (secondary N) is 2. The maximum absolute atomic E-state index is 12.1. The SMILES string of the molecule is C#C[C@@]1(O)CC[C@H]2[C@@H]3CCC4=C/C(=N\OCC(=O)NCC(=O)N[C@H](C(=O)O)C(C)C)CC[C@]4(C)[C@H]3CC[C@@]21C. The number of nitrogens with zero attached hydrogens (tertiary/aromatic N) is 1. The van der Waals surface area contributed by atoms with Gasteiger partial charge in [0.25, 0.3) is 5.91 Å². The topological polar surface area (TPSA) is 137 Å². The van der Waals surface area contributed by atoms with E-state index in [1.54, 1.807) is 13.8 Å². The van der Waals surface area contributed by atoms with Crippen LogP contribution >= 0.6 is 0 Å². The zero-order chi connectivity index (χ0) is 28.6. The van der Waals surface area contributed by atoms with Gasteiger partial charge in [0.05, 0.1) is 12.3 Å². The van der Waals surface area contributed by atoms with E-state index in [2.05, 4.69) is 41.6 Å². The molecule has 0 aromatic rings. The van der Waals surface area contributed by atoms with Gasteiger partial charge in [-0.2, -0.15) is 0 Å². The Bertz CT molecular complexity index is 1110. The van der Waals surface area contributed by atoms with E-state index in [1.165, 1.54) is 5.57 Å². The monoisotopic (exact) mass is 541 g/mol. The van der Waals surface area contributed by atoms with E-state index >= 15 is 0 Å². The summed E-state index contributed by atoms with van der Waals surface area (Å²) >= 11 is 0. The van der Waals surface area contributed by atoms with Gasteiger partial charge in [0, 0.05) is 5.41 Å². The summed E-state index contributed by atoms with van der Waals surface area (Å²) in [4.78, 5) is 40.6. The lowest BCUT2D eigenvalue weighted by molar-refractivity contribution is -0.143. The number of carbonyl (C=O) groups excluding carboxylic acids is 2. The summed E-state index contributed by atoms with van der Waals surface area (Å²) in [6.07, 6.45) is 15.5. The average molecular weight is 542 g/mol. The number of rotatable bonds is 8. The lowest BCUT2D eigenvalue weighted by atomic mass is 9.46. The van der Waals surface area contributed by atoms with Crippen molar-refractivity contribution in [2.75, 3.05) is 13.2 Å². The standard InChI is InChI=1S/C30H43N3O6/c1-6-30(38)14-11-23-21-8-7-19-15-20(9-12-28(19,4)22(21)10-13-29(23,30)5)33-39-17-25(35)31-16-24(34)32-26(18(2)3)27(36)37/h1,15,18,21-23,26,38H,7-14,16-17H2,2-5H3,(H,31,35)(H,32,34)(H,36,37)/b33-20-/t21-,22+,23+,26+,28+,29+,30-/m1/s1. The van der Waals surface area contributed by atoms with Crippen LogP contribution in [0.5, 0.6) is 0 Å². The average Bonchev–Trinajstić information content (AvgIpc) is 3.16. The summed E-state index contributed by atoms with van der Waals surface area (Å²) in [5, 5.41) is 29.4. The van der Waals surface area contributed by atoms with Crippen molar-refractivity contribution in [1.29, 1.82) is 0 Å². The number of carboxylic acid groups (broad SMARTS) is 1. The van der Waals surface area contributed by atoms with Crippen LogP contribution in [-0.4, -0.2) is 58.5 Å². The van der Waals surface area contributed by atoms with E-state index in [0.717, 1.165) is 50.7 Å². The summed E-state index contributed by atoms with van der Waals surface area (Å²) in [6, 6.07) is -1.01. The smallest absolute Gasteiger partial charge is 0.326 e. The third-order valence-electron chi connectivity index (χ3n) is 10.4. The summed E-state index contributed by atoms with van der Waals surface area (Å²) < 4.78 is 0. The van der Waals surface area contributed by atoms with E-state index in [4.69, 9.17) is 11.3 Å². The van der Waals surface area contributed by atoms with Crippen molar-refractivity contribution in [3.05, 3.63) is 11.6 Å². The molecule has 2 amide bonds. The highest BCUT2D eigenvalue weighted by Gasteiger charge is 2.63. The molecule has 0 radical (unpaired) electrons. The normalized spacial score (nSPS) is 37.0. The van der Waals surface area contributed by atoms with Gasteiger partial charge in [0.15, 0.2) is 6.61 Å². The second kappa shape index (κ2) is 11.0. The molecular weight excluding hydrogens is 498 g/mol. The largest absolute Gasteiger partial charge is 0.480 e. The Hall–Kier alpha value is -2.86. The van der Waals surface area contributed by atoms with Crippen LogP contribution in [0.3, 0.4) is 0 Å². The number of carbonyl (C=O) groups is 3. The van der Waals surface area contributed by atoms with E-state index in [0.29, 0.717) is 24.2 Å². The summed E-state index contributed by atoms with van der Waals surface area (Å²) in [5.74, 6) is 1.85. The van der Waals surface area contributed by atoms with Crippen LogP contribution in [0, 0.1) is 46.8 Å². The molecule has 4 aliphatic carbocycles. The van der Waals surface area contributed by atoms with Gasteiger partial charge < -0.3 is 25.7 Å². The second-order valence-electron chi connectivity index (χ2n) is 12.8. The molecule has 0 aromatic heterocycles. The quantitative estimate of drug-likeness (QED) is 0.275. The first kappa shape index (κ1) is 29.1. The van der Waals surface area contributed by atoms with Crippen LogP contribution in [0.15, 0.2) is 16.8 Å². The minimum absolute atomic E-state index is 0.0919. The fraction of sp³-hybridized carbons (Fsp3) is 0.733. The highest BCUT2D eigenvalue weighted by atomic mass is 16.6. The van der Waals surface area contributed by atoms with Gasteiger partial charge in [0.2, 0.25) is 5.91 Å². The van der Waals surface area contributed by atoms with Gasteiger partial charge in [-0.1, -0.05) is 44.3 Å². The maximum atomic E-state index is 12.1. The number of aliphatic hydroxyl groups is 1. The first-order chi connectivity index (χ1) is 18.3. The number of hydrogen-bond donors (Lipinski definition) is 4. The molecule has 39 heavy (non-hydrogen) atoms. The van der Waals surface area contributed by atoms with Gasteiger partial charge in [-0.3, -0.25) is 9.59 Å². The number of allylic oxidation sites excluding steroid dienone is 2. The zero-order valence-corrected chi connectivity index (χ0v) is 23.6.